The summed E-state index contributed by atoms with van der Waals surface area (Å²) in [6, 6.07) is 13.2. The lowest BCUT2D eigenvalue weighted by Crippen LogP contribution is -2.35. The van der Waals surface area contributed by atoms with Gasteiger partial charge in [0.2, 0.25) is 0 Å². The number of hydrogen-bond acceptors (Lipinski definition) is 3. The minimum Gasteiger partial charge on any atom is -0.379 e. The van der Waals surface area contributed by atoms with E-state index in [1.807, 2.05) is 0 Å². The highest BCUT2D eigenvalue weighted by molar-refractivity contribution is 7.13. The Bertz CT molecular complexity index is 489. The van der Waals surface area contributed by atoms with E-state index in [0.29, 0.717) is 0 Å². The zero-order valence-corrected chi connectivity index (χ0v) is 11.2. The van der Waals surface area contributed by atoms with E-state index in [0.717, 1.165) is 32.8 Å². The lowest BCUT2D eigenvalue weighted by Gasteiger charge is -2.26. The van der Waals surface area contributed by atoms with E-state index in [1.165, 1.54) is 16.0 Å². The monoisotopic (exact) mass is 259 g/mol. The predicted octanol–water partition coefficient (Wildman–Crippen LogP) is 3.25. The summed E-state index contributed by atoms with van der Waals surface area (Å²) in [4.78, 5) is 3.80. The van der Waals surface area contributed by atoms with Gasteiger partial charge in [0.15, 0.2) is 0 Å². The molecule has 94 valence electrons. The zero-order valence-electron chi connectivity index (χ0n) is 10.3. The lowest BCUT2D eigenvalue weighted by molar-refractivity contribution is 0.0342. The van der Waals surface area contributed by atoms with Crippen molar-refractivity contribution in [3.05, 3.63) is 47.3 Å². The number of nitrogens with zero attached hydrogens (tertiary/aromatic N) is 1. The summed E-state index contributed by atoms with van der Waals surface area (Å²) in [5.41, 5.74) is 2.72. The molecule has 1 aromatic carbocycles. The summed E-state index contributed by atoms with van der Waals surface area (Å²) in [5.74, 6) is 0. The van der Waals surface area contributed by atoms with Crippen molar-refractivity contribution in [2.75, 3.05) is 26.3 Å². The normalized spacial score (nSPS) is 16.9. The Labute approximate surface area is 112 Å². The van der Waals surface area contributed by atoms with Gasteiger partial charge in [0.1, 0.15) is 0 Å². The molecule has 0 unspecified atom stereocenters. The third kappa shape index (κ3) is 2.80. The first kappa shape index (κ1) is 11.9. The van der Waals surface area contributed by atoms with E-state index >= 15 is 0 Å². The van der Waals surface area contributed by atoms with Crippen LogP contribution >= 0.6 is 11.3 Å². The van der Waals surface area contributed by atoms with Crippen LogP contribution in [-0.4, -0.2) is 31.2 Å². The molecule has 1 aromatic heterocycles. The van der Waals surface area contributed by atoms with Crippen LogP contribution in [0.5, 0.6) is 0 Å². The molecule has 2 nitrogen and oxygen atoms in total. The fourth-order valence-corrected chi connectivity index (χ4v) is 3.01. The number of ether oxygens (including phenoxy) is 1. The maximum Gasteiger partial charge on any atom is 0.0594 e. The van der Waals surface area contributed by atoms with Gasteiger partial charge in [0, 0.05) is 24.5 Å². The molecular formula is C15H17NOS. The number of benzene rings is 1. The van der Waals surface area contributed by atoms with Crippen LogP contribution in [0.1, 0.15) is 5.56 Å². The van der Waals surface area contributed by atoms with Crippen LogP contribution in [0.25, 0.3) is 10.4 Å². The van der Waals surface area contributed by atoms with Gasteiger partial charge in [-0.2, -0.15) is 0 Å². The van der Waals surface area contributed by atoms with Gasteiger partial charge in [0.05, 0.1) is 13.2 Å². The Kier molecular flexibility index (Phi) is 3.74. The molecule has 0 N–H and O–H groups in total. The van der Waals surface area contributed by atoms with Gasteiger partial charge < -0.3 is 4.74 Å². The van der Waals surface area contributed by atoms with E-state index in [2.05, 4.69) is 46.7 Å². The van der Waals surface area contributed by atoms with Crippen molar-refractivity contribution in [3.8, 4) is 10.4 Å². The largest absolute Gasteiger partial charge is 0.379 e. The molecule has 1 aliphatic rings. The number of morpholine rings is 1. The number of rotatable bonds is 3. The summed E-state index contributed by atoms with van der Waals surface area (Å²) in [7, 11) is 0. The van der Waals surface area contributed by atoms with Crippen molar-refractivity contribution < 1.29 is 4.74 Å². The summed E-state index contributed by atoms with van der Waals surface area (Å²) < 4.78 is 5.38. The molecule has 1 saturated heterocycles. The Morgan fingerprint density at radius 3 is 2.78 bits per heavy atom. The first-order valence-electron chi connectivity index (χ1n) is 6.35. The van der Waals surface area contributed by atoms with Crippen LogP contribution in [0, 0.1) is 0 Å². The van der Waals surface area contributed by atoms with Crippen molar-refractivity contribution in [2.45, 2.75) is 6.54 Å². The second-order valence-electron chi connectivity index (χ2n) is 4.57. The molecule has 2 heterocycles. The Balaban J connectivity index is 1.74. The van der Waals surface area contributed by atoms with Crippen molar-refractivity contribution in [2.24, 2.45) is 0 Å². The molecule has 0 amide bonds. The molecule has 0 spiro atoms. The van der Waals surface area contributed by atoms with E-state index < -0.39 is 0 Å². The average Bonchev–Trinajstić information content (AvgIpc) is 2.94. The van der Waals surface area contributed by atoms with E-state index in [1.54, 1.807) is 11.3 Å². The van der Waals surface area contributed by atoms with Crippen LogP contribution in [0.2, 0.25) is 0 Å². The van der Waals surface area contributed by atoms with Gasteiger partial charge >= 0.3 is 0 Å². The van der Waals surface area contributed by atoms with Crippen LogP contribution in [0.4, 0.5) is 0 Å². The van der Waals surface area contributed by atoms with E-state index in [4.69, 9.17) is 4.74 Å². The fourth-order valence-electron chi connectivity index (χ4n) is 2.28. The van der Waals surface area contributed by atoms with Crippen molar-refractivity contribution in [1.29, 1.82) is 0 Å². The topological polar surface area (TPSA) is 12.5 Å². The number of thiophene rings is 1. The zero-order chi connectivity index (χ0) is 12.2. The molecule has 2 aromatic rings. The Morgan fingerprint density at radius 1 is 1.11 bits per heavy atom. The summed E-state index contributed by atoms with van der Waals surface area (Å²) in [6.07, 6.45) is 0. The molecule has 0 atom stereocenters. The maximum atomic E-state index is 5.38. The van der Waals surface area contributed by atoms with Crippen molar-refractivity contribution >= 4 is 11.3 Å². The molecule has 0 saturated carbocycles. The minimum atomic E-state index is 0.866. The minimum absolute atomic E-state index is 0.866. The maximum absolute atomic E-state index is 5.38. The quantitative estimate of drug-likeness (QED) is 0.839. The Hall–Kier alpha value is -1.16. The van der Waals surface area contributed by atoms with Crippen molar-refractivity contribution in [1.82, 2.24) is 4.90 Å². The highest BCUT2D eigenvalue weighted by Crippen LogP contribution is 2.25. The van der Waals surface area contributed by atoms with Gasteiger partial charge in [-0.05, 0) is 28.6 Å². The van der Waals surface area contributed by atoms with Gasteiger partial charge in [-0.15, -0.1) is 11.3 Å². The fraction of sp³-hybridized carbons (Fsp3) is 0.333. The molecule has 3 heteroatoms. The SMILES string of the molecule is c1cc(CN2CCOCC2)cc(-c2cccs2)c1. The Morgan fingerprint density at radius 2 is 2.00 bits per heavy atom. The summed E-state index contributed by atoms with van der Waals surface area (Å²) in [6.45, 7) is 4.85. The molecule has 0 aliphatic carbocycles. The third-order valence-corrected chi connectivity index (χ3v) is 4.16. The average molecular weight is 259 g/mol. The van der Waals surface area contributed by atoms with E-state index in [9.17, 15) is 0 Å². The molecule has 1 fully saturated rings. The molecule has 18 heavy (non-hydrogen) atoms. The lowest BCUT2D eigenvalue weighted by atomic mass is 10.1. The molecule has 3 rings (SSSR count). The number of hydrogen-bond donors (Lipinski definition) is 0. The smallest absolute Gasteiger partial charge is 0.0594 e. The first-order valence-corrected chi connectivity index (χ1v) is 7.23. The predicted molar refractivity (Wildman–Crippen MR) is 75.9 cm³/mol. The highest BCUT2D eigenvalue weighted by atomic mass is 32.1. The standard InChI is InChI=1S/C15H17NOS/c1-3-13(12-16-6-8-17-9-7-16)11-14(4-1)15-5-2-10-18-15/h1-5,10-11H,6-9,12H2. The van der Waals surface area contributed by atoms with Gasteiger partial charge in [-0.25, -0.2) is 0 Å². The van der Waals surface area contributed by atoms with Crippen molar-refractivity contribution in [3.63, 3.8) is 0 Å². The van der Waals surface area contributed by atoms with Crippen LogP contribution in [0.3, 0.4) is 0 Å². The molecular weight excluding hydrogens is 242 g/mol. The van der Waals surface area contributed by atoms with Crippen LogP contribution in [-0.2, 0) is 11.3 Å². The van der Waals surface area contributed by atoms with Crippen LogP contribution in [0.15, 0.2) is 41.8 Å². The highest BCUT2D eigenvalue weighted by Gasteiger charge is 2.10. The van der Waals surface area contributed by atoms with E-state index in [-0.39, 0.29) is 0 Å². The van der Waals surface area contributed by atoms with Gasteiger partial charge in [-0.3, -0.25) is 4.90 Å². The van der Waals surface area contributed by atoms with Crippen LogP contribution < -0.4 is 0 Å². The van der Waals surface area contributed by atoms with Gasteiger partial charge in [-0.1, -0.05) is 24.3 Å². The summed E-state index contributed by atoms with van der Waals surface area (Å²) in [5, 5.41) is 2.13. The second-order valence-corrected chi connectivity index (χ2v) is 5.51. The molecule has 1 aliphatic heterocycles. The summed E-state index contributed by atoms with van der Waals surface area (Å²) >= 11 is 1.80. The van der Waals surface area contributed by atoms with Gasteiger partial charge in [0.25, 0.3) is 0 Å². The first-order chi connectivity index (χ1) is 8.92. The molecule has 0 bridgehead atoms. The molecule has 0 radical (unpaired) electrons. The second kappa shape index (κ2) is 5.65. The third-order valence-electron chi connectivity index (χ3n) is 3.24.